The summed E-state index contributed by atoms with van der Waals surface area (Å²) in [5.41, 5.74) is -0.483. The van der Waals surface area contributed by atoms with Gasteiger partial charge in [-0.15, -0.1) is 6.58 Å². The van der Waals surface area contributed by atoms with Crippen molar-refractivity contribution in [3.63, 3.8) is 0 Å². The van der Waals surface area contributed by atoms with Gasteiger partial charge in [0.25, 0.3) is 0 Å². The van der Waals surface area contributed by atoms with Crippen LogP contribution in [-0.2, 0) is 14.0 Å². The predicted octanol–water partition coefficient (Wildman–Crippen LogP) is 5.96. The molecule has 154 valence electrons. The summed E-state index contributed by atoms with van der Waals surface area (Å²) in [7, 11) is -1.69. The van der Waals surface area contributed by atoms with Crippen LogP contribution < -0.4 is 0 Å². The summed E-state index contributed by atoms with van der Waals surface area (Å²) in [4.78, 5) is 12.9. The average molecular weight is 393 g/mol. The molecule has 3 rings (SSSR count). The van der Waals surface area contributed by atoms with Crippen molar-refractivity contribution in [3.8, 4) is 0 Å². The molecule has 0 aromatic carbocycles. The van der Waals surface area contributed by atoms with Gasteiger partial charge in [0.15, 0.2) is 8.32 Å². The molecule has 2 aliphatic carbocycles. The first kappa shape index (κ1) is 21.1. The third-order valence-corrected chi connectivity index (χ3v) is 14.2. The first-order valence-corrected chi connectivity index (χ1v) is 13.7. The Morgan fingerprint density at radius 1 is 1.15 bits per heavy atom. The van der Waals surface area contributed by atoms with Crippen molar-refractivity contribution in [2.45, 2.75) is 91.5 Å². The zero-order valence-corrected chi connectivity index (χ0v) is 19.4. The Bertz CT molecular complexity index is 592. The van der Waals surface area contributed by atoms with Crippen LogP contribution in [0.2, 0.25) is 18.1 Å². The standard InChI is InChI=1S/C23H40O3Si/c1-8-21(5)18-13-12-17-16-25-20(24)23(17,7)22(18,6)15-14-19(21)26-27(9-2,10-3)11-4/h8,17-19H,1,9-16H2,2-7H3/t17-,18-,19-,21-,22-,23+/m0/s1. The second-order valence-electron chi connectivity index (χ2n) is 10.0. The molecule has 0 spiro atoms. The minimum Gasteiger partial charge on any atom is -0.465 e. The number of rotatable bonds is 6. The molecule has 0 aromatic rings. The maximum absolute atomic E-state index is 12.9. The maximum atomic E-state index is 12.9. The molecule has 1 saturated heterocycles. The number of cyclic esters (lactones) is 1. The van der Waals surface area contributed by atoms with Gasteiger partial charge in [-0.2, -0.15) is 0 Å². The number of hydrogen-bond donors (Lipinski definition) is 0. The number of carbonyl (C=O) groups is 1. The van der Waals surface area contributed by atoms with E-state index in [1.807, 2.05) is 0 Å². The monoisotopic (exact) mass is 392 g/mol. The van der Waals surface area contributed by atoms with E-state index < -0.39 is 8.32 Å². The molecule has 4 heteroatoms. The summed E-state index contributed by atoms with van der Waals surface area (Å²) in [5.74, 6) is 0.823. The largest absolute Gasteiger partial charge is 0.465 e. The third kappa shape index (κ3) is 2.72. The molecule has 0 aromatic heterocycles. The molecule has 3 fully saturated rings. The molecule has 0 bridgehead atoms. The molecule has 1 heterocycles. The van der Waals surface area contributed by atoms with Crippen molar-refractivity contribution in [1.29, 1.82) is 0 Å². The fourth-order valence-electron chi connectivity index (χ4n) is 6.94. The smallest absolute Gasteiger partial charge is 0.312 e. The van der Waals surface area contributed by atoms with Crippen molar-refractivity contribution in [1.82, 2.24) is 0 Å². The van der Waals surface area contributed by atoms with Crippen LogP contribution in [0.25, 0.3) is 0 Å². The van der Waals surface area contributed by atoms with Gasteiger partial charge in [0, 0.05) is 11.3 Å². The van der Waals surface area contributed by atoms with E-state index in [0.29, 0.717) is 18.4 Å². The lowest BCUT2D eigenvalue weighted by atomic mass is 9.41. The van der Waals surface area contributed by atoms with Gasteiger partial charge >= 0.3 is 5.97 Å². The van der Waals surface area contributed by atoms with Gasteiger partial charge in [-0.3, -0.25) is 4.79 Å². The highest BCUT2D eigenvalue weighted by atomic mass is 28.4. The predicted molar refractivity (Wildman–Crippen MR) is 113 cm³/mol. The Labute approximate surface area is 167 Å². The summed E-state index contributed by atoms with van der Waals surface area (Å²) in [6.45, 7) is 18.7. The van der Waals surface area contributed by atoms with Crippen LogP contribution in [0, 0.1) is 28.1 Å². The van der Waals surface area contributed by atoms with E-state index >= 15 is 0 Å². The number of esters is 1. The van der Waals surface area contributed by atoms with Crippen LogP contribution in [0.1, 0.15) is 67.2 Å². The first-order valence-electron chi connectivity index (χ1n) is 11.2. The van der Waals surface area contributed by atoms with E-state index in [4.69, 9.17) is 9.16 Å². The van der Waals surface area contributed by atoms with Crippen molar-refractivity contribution in [2.24, 2.45) is 28.1 Å². The fourth-order valence-corrected chi connectivity index (χ4v) is 9.91. The molecule has 3 nitrogen and oxygen atoms in total. The summed E-state index contributed by atoms with van der Waals surface area (Å²) in [6, 6.07) is 3.54. The number of hydrogen-bond acceptors (Lipinski definition) is 3. The highest BCUT2D eigenvalue weighted by Gasteiger charge is 2.69. The highest BCUT2D eigenvalue weighted by Crippen LogP contribution is 2.68. The third-order valence-electron chi connectivity index (χ3n) is 9.55. The summed E-state index contributed by atoms with van der Waals surface area (Å²) in [6.07, 6.45) is 6.71. The molecule has 0 amide bonds. The van der Waals surface area contributed by atoms with Crippen LogP contribution in [0.4, 0.5) is 0 Å². The van der Waals surface area contributed by atoms with Gasteiger partial charge < -0.3 is 9.16 Å². The Morgan fingerprint density at radius 2 is 1.78 bits per heavy atom. The molecule has 0 N–H and O–H groups in total. The molecule has 3 aliphatic rings. The summed E-state index contributed by atoms with van der Waals surface area (Å²) >= 11 is 0. The first-order chi connectivity index (χ1) is 12.7. The summed E-state index contributed by atoms with van der Waals surface area (Å²) < 4.78 is 12.6. The van der Waals surface area contributed by atoms with Gasteiger partial charge in [0.1, 0.15) is 0 Å². The van der Waals surface area contributed by atoms with Crippen LogP contribution >= 0.6 is 0 Å². The molecule has 0 unspecified atom stereocenters. The molecule has 6 atom stereocenters. The quantitative estimate of drug-likeness (QED) is 0.318. The molecular formula is C23H40O3Si. The van der Waals surface area contributed by atoms with Gasteiger partial charge in [0.05, 0.1) is 18.1 Å². The molecule has 0 radical (unpaired) electrons. The molecule has 2 saturated carbocycles. The SMILES string of the molecule is C=C[C@]1(C)[C@@H](O[Si](CC)(CC)CC)CC[C@@]2(C)[C@H]1CC[C@H]1COC(=O)[C@@]12C. The topological polar surface area (TPSA) is 35.5 Å². The zero-order chi connectivity index (χ0) is 20.1. The maximum Gasteiger partial charge on any atom is 0.312 e. The van der Waals surface area contributed by atoms with E-state index in [9.17, 15) is 4.79 Å². The second kappa shape index (κ2) is 7.02. The molecular weight excluding hydrogens is 352 g/mol. The number of ether oxygens (including phenoxy) is 1. The van der Waals surface area contributed by atoms with Crippen LogP contribution in [-0.4, -0.2) is 27.0 Å². The highest BCUT2D eigenvalue weighted by molar-refractivity contribution is 6.73. The summed E-state index contributed by atoms with van der Waals surface area (Å²) in [5, 5.41) is 0. The lowest BCUT2D eigenvalue weighted by Crippen LogP contribution is -2.63. The normalized spacial score (nSPS) is 44.4. The van der Waals surface area contributed by atoms with Crippen molar-refractivity contribution in [3.05, 3.63) is 12.7 Å². The minimum atomic E-state index is -1.69. The van der Waals surface area contributed by atoms with Crippen LogP contribution in [0.15, 0.2) is 12.7 Å². The lowest BCUT2D eigenvalue weighted by molar-refractivity contribution is -0.180. The van der Waals surface area contributed by atoms with E-state index in [2.05, 4.69) is 54.2 Å². The van der Waals surface area contributed by atoms with Crippen LogP contribution in [0.5, 0.6) is 0 Å². The van der Waals surface area contributed by atoms with E-state index in [0.717, 1.165) is 25.7 Å². The van der Waals surface area contributed by atoms with Crippen molar-refractivity contribution < 1.29 is 14.0 Å². The Morgan fingerprint density at radius 3 is 2.33 bits per heavy atom. The second-order valence-corrected chi connectivity index (χ2v) is 14.7. The average Bonchev–Trinajstić information content (AvgIpc) is 2.98. The Kier molecular flexibility index (Phi) is 5.48. The molecule has 27 heavy (non-hydrogen) atoms. The van der Waals surface area contributed by atoms with Crippen molar-refractivity contribution >= 4 is 14.3 Å². The molecule has 1 aliphatic heterocycles. The van der Waals surface area contributed by atoms with E-state index in [1.165, 1.54) is 18.1 Å². The zero-order valence-electron chi connectivity index (χ0n) is 18.4. The lowest BCUT2D eigenvalue weighted by Gasteiger charge is -2.63. The van der Waals surface area contributed by atoms with Gasteiger partial charge in [-0.05, 0) is 62.1 Å². The number of fused-ring (bicyclic) bond motifs is 3. The minimum absolute atomic E-state index is 0.0323. The van der Waals surface area contributed by atoms with Gasteiger partial charge in [-0.1, -0.05) is 40.7 Å². The van der Waals surface area contributed by atoms with E-state index in [-0.39, 0.29) is 28.3 Å². The number of carbonyl (C=O) groups excluding carboxylic acids is 1. The van der Waals surface area contributed by atoms with Gasteiger partial charge in [0.2, 0.25) is 0 Å². The Hall–Kier alpha value is -0.613. The van der Waals surface area contributed by atoms with Crippen LogP contribution in [0.3, 0.4) is 0 Å². The Balaban J connectivity index is 1.98. The fraction of sp³-hybridized carbons (Fsp3) is 0.870. The van der Waals surface area contributed by atoms with Crippen molar-refractivity contribution in [2.75, 3.05) is 6.61 Å². The van der Waals surface area contributed by atoms with E-state index in [1.54, 1.807) is 0 Å². The van der Waals surface area contributed by atoms with Gasteiger partial charge in [-0.25, -0.2) is 0 Å².